The molecule has 0 aromatic heterocycles. The monoisotopic (exact) mass is 258 g/mol. The van der Waals surface area contributed by atoms with Gasteiger partial charge in [0.2, 0.25) is 0 Å². The molecule has 0 atom stereocenters. The summed E-state index contributed by atoms with van der Waals surface area (Å²) in [5.74, 6) is 1.16. The van der Waals surface area contributed by atoms with E-state index in [0.717, 1.165) is 6.42 Å². The number of hydrogen-bond acceptors (Lipinski definition) is 0. The molecule has 0 heteroatoms. The average Bonchev–Trinajstić information content (AvgIpc) is 2.30. The zero-order valence-corrected chi connectivity index (χ0v) is 13.5. The van der Waals surface area contributed by atoms with Crippen molar-refractivity contribution in [2.75, 3.05) is 0 Å². The summed E-state index contributed by atoms with van der Waals surface area (Å²) < 4.78 is 0. The Balaban J connectivity index is 5.04. The van der Waals surface area contributed by atoms with E-state index in [9.17, 15) is 0 Å². The number of hydrogen-bond donors (Lipinski definition) is 0. The molecule has 0 aromatic carbocycles. The molecule has 0 fully saturated rings. The summed E-state index contributed by atoms with van der Waals surface area (Å²) in [6, 6.07) is 0. The van der Waals surface area contributed by atoms with Gasteiger partial charge in [-0.1, -0.05) is 76.3 Å². The van der Waals surface area contributed by atoms with Gasteiger partial charge in [0.1, 0.15) is 0 Å². The summed E-state index contributed by atoms with van der Waals surface area (Å²) in [5.41, 5.74) is 3.95. The second-order valence-electron chi connectivity index (χ2n) is 5.96. The molecular formula is C19H30. The lowest BCUT2D eigenvalue weighted by Gasteiger charge is -2.07. The van der Waals surface area contributed by atoms with Crippen molar-refractivity contribution < 1.29 is 0 Å². The second kappa shape index (κ2) is 9.61. The lowest BCUT2D eigenvalue weighted by atomic mass is 9.99. The Hall–Kier alpha value is -1.30. The first-order chi connectivity index (χ1) is 8.85. The molecule has 106 valence electrons. The van der Waals surface area contributed by atoms with Gasteiger partial charge in [-0.05, 0) is 43.3 Å². The highest BCUT2D eigenvalue weighted by Crippen LogP contribution is 2.17. The van der Waals surface area contributed by atoms with Gasteiger partial charge in [-0.2, -0.15) is 0 Å². The van der Waals surface area contributed by atoms with E-state index in [-0.39, 0.29) is 0 Å². The van der Waals surface area contributed by atoms with Crippen LogP contribution in [-0.2, 0) is 0 Å². The van der Waals surface area contributed by atoms with Crippen LogP contribution in [0.5, 0.6) is 0 Å². The molecule has 0 heterocycles. The van der Waals surface area contributed by atoms with Crippen LogP contribution in [-0.4, -0.2) is 0 Å². The predicted octanol–water partition coefficient (Wildman–Crippen LogP) is 6.25. The minimum Gasteiger partial charge on any atom is -0.0988 e. The van der Waals surface area contributed by atoms with E-state index < -0.39 is 0 Å². The largest absolute Gasteiger partial charge is 0.0988 e. The van der Waals surface area contributed by atoms with Crippen LogP contribution in [0.25, 0.3) is 0 Å². The topological polar surface area (TPSA) is 0 Å². The summed E-state index contributed by atoms with van der Waals surface area (Å²) in [4.78, 5) is 0. The van der Waals surface area contributed by atoms with Crippen molar-refractivity contribution in [2.24, 2.45) is 11.8 Å². The minimum atomic E-state index is 0.571. The molecule has 0 aliphatic rings. The van der Waals surface area contributed by atoms with Gasteiger partial charge in [-0.3, -0.25) is 0 Å². The standard InChI is InChI=1S/C19H30/c1-8-18(11-9-15(2)3)14-19(13-17(6)7)12-10-16(4)5/h8-13,16-17H,1,14H2,2-7H3/b12-10-,18-11+,19-13+. The summed E-state index contributed by atoms with van der Waals surface area (Å²) in [6.45, 7) is 17.0. The molecular weight excluding hydrogens is 228 g/mol. The molecule has 0 aliphatic carbocycles. The van der Waals surface area contributed by atoms with Gasteiger partial charge in [-0.25, -0.2) is 0 Å². The van der Waals surface area contributed by atoms with Crippen LogP contribution in [0, 0.1) is 11.8 Å². The van der Waals surface area contributed by atoms with Crippen LogP contribution in [0.2, 0.25) is 0 Å². The number of allylic oxidation sites excluding steroid dienone is 9. The third-order valence-electron chi connectivity index (χ3n) is 2.54. The third kappa shape index (κ3) is 10.3. The van der Waals surface area contributed by atoms with Gasteiger partial charge >= 0.3 is 0 Å². The fraction of sp³-hybridized carbons (Fsp3) is 0.474. The van der Waals surface area contributed by atoms with E-state index in [2.05, 4.69) is 78.5 Å². The van der Waals surface area contributed by atoms with Crippen molar-refractivity contribution >= 4 is 0 Å². The highest BCUT2D eigenvalue weighted by Gasteiger charge is 1.99. The van der Waals surface area contributed by atoms with E-state index in [4.69, 9.17) is 0 Å². The minimum absolute atomic E-state index is 0.571. The van der Waals surface area contributed by atoms with Crippen LogP contribution in [0.1, 0.15) is 48.0 Å². The Kier molecular flexibility index (Phi) is 8.95. The third-order valence-corrected chi connectivity index (χ3v) is 2.54. The summed E-state index contributed by atoms with van der Waals surface area (Å²) in [5, 5.41) is 0. The van der Waals surface area contributed by atoms with Crippen LogP contribution in [0.15, 0.2) is 59.8 Å². The Labute approximate surface area is 120 Å². The van der Waals surface area contributed by atoms with Crippen LogP contribution in [0.4, 0.5) is 0 Å². The molecule has 0 unspecified atom stereocenters. The molecule has 0 amide bonds. The van der Waals surface area contributed by atoms with Gasteiger partial charge in [0.15, 0.2) is 0 Å². The SMILES string of the molecule is C=C/C(=C\C=C(C)C)CC(/C=C\C(C)C)=C/C(C)C. The van der Waals surface area contributed by atoms with E-state index >= 15 is 0 Å². The molecule has 19 heavy (non-hydrogen) atoms. The highest BCUT2D eigenvalue weighted by atomic mass is 14.0. The van der Waals surface area contributed by atoms with Crippen LogP contribution >= 0.6 is 0 Å². The summed E-state index contributed by atoms with van der Waals surface area (Å²) in [7, 11) is 0. The average molecular weight is 258 g/mol. The van der Waals surface area contributed by atoms with Gasteiger partial charge in [0.05, 0.1) is 0 Å². The highest BCUT2D eigenvalue weighted by molar-refractivity contribution is 5.33. The normalized spacial score (nSPS) is 13.5. The maximum absolute atomic E-state index is 3.92. The van der Waals surface area contributed by atoms with E-state index in [1.165, 1.54) is 16.7 Å². The molecule has 0 N–H and O–H groups in total. The zero-order chi connectivity index (χ0) is 14.8. The smallest absolute Gasteiger partial charge is 0.00292 e. The van der Waals surface area contributed by atoms with Crippen molar-refractivity contribution in [3.05, 3.63) is 59.8 Å². The second-order valence-corrected chi connectivity index (χ2v) is 5.96. The first kappa shape index (κ1) is 17.7. The molecule has 0 spiro atoms. The van der Waals surface area contributed by atoms with Crippen LogP contribution in [0.3, 0.4) is 0 Å². The molecule has 0 nitrogen and oxygen atoms in total. The Morgan fingerprint density at radius 1 is 0.947 bits per heavy atom. The lowest BCUT2D eigenvalue weighted by molar-refractivity contribution is 0.813. The van der Waals surface area contributed by atoms with Crippen LogP contribution < -0.4 is 0 Å². The van der Waals surface area contributed by atoms with E-state index in [1.807, 2.05) is 6.08 Å². The summed E-state index contributed by atoms with van der Waals surface area (Å²) in [6.07, 6.45) is 14.1. The quantitative estimate of drug-likeness (QED) is 0.473. The van der Waals surface area contributed by atoms with Gasteiger partial charge in [-0.15, -0.1) is 0 Å². The van der Waals surface area contributed by atoms with Gasteiger partial charge in [0, 0.05) is 0 Å². The molecule has 0 rings (SSSR count). The Bertz CT molecular complexity index is 380. The maximum atomic E-state index is 3.92. The van der Waals surface area contributed by atoms with E-state index in [0.29, 0.717) is 11.8 Å². The number of rotatable bonds is 7. The molecule has 0 aliphatic heterocycles. The van der Waals surface area contributed by atoms with Crippen molar-refractivity contribution in [3.8, 4) is 0 Å². The lowest BCUT2D eigenvalue weighted by Crippen LogP contribution is -1.89. The van der Waals surface area contributed by atoms with Crippen molar-refractivity contribution in [1.29, 1.82) is 0 Å². The Morgan fingerprint density at radius 3 is 2.00 bits per heavy atom. The summed E-state index contributed by atoms with van der Waals surface area (Å²) >= 11 is 0. The first-order valence-electron chi connectivity index (χ1n) is 7.20. The fourth-order valence-electron chi connectivity index (χ4n) is 1.63. The molecule has 0 aromatic rings. The molecule has 0 saturated carbocycles. The van der Waals surface area contributed by atoms with Gasteiger partial charge < -0.3 is 0 Å². The van der Waals surface area contributed by atoms with Crippen molar-refractivity contribution in [3.63, 3.8) is 0 Å². The predicted molar refractivity (Wildman–Crippen MR) is 89.2 cm³/mol. The molecule has 0 radical (unpaired) electrons. The van der Waals surface area contributed by atoms with E-state index in [1.54, 1.807) is 0 Å². The maximum Gasteiger partial charge on any atom is -0.00292 e. The zero-order valence-electron chi connectivity index (χ0n) is 13.5. The fourth-order valence-corrected chi connectivity index (χ4v) is 1.63. The molecule has 0 bridgehead atoms. The first-order valence-corrected chi connectivity index (χ1v) is 7.20. The Morgan fingerprint density at radius 2 is 1.58 bits per heavy atom. The van der Waals surface area contributed by atoms with Gasteiger partial charge in [0.25, 0.3) is 0 Å². The molecule has 0 saturated heterocycles. The van der Waals surface area contributed by atoms with Crippen molar-refractivity contribution in [2.45, 2.75) is 48.0 Å². The van der Waals surface area contributed by atoms with Crippen molar-refractivity contribution in [1.82, 2.24) is 0 Å².